The van der Waals surface area contributed by atoms with Crippen LogP contribution in [0.15, 0.2) is 61.2 Å². The van der Waals surface area contributed by atoms with Gasteiger partial charge in [0, 0.05) is 5.56 Å². The molecule has 2 aromatic carbocycles. The average Bonchev–Trinajstić information content (AvgIpc) is 3.43. The van der Waals surface area contributed by atoms with E-state index >= 15 is 0 Å². The van der Waals surface area contributed by atoms with Crippen molar-refractivity contribution in [2.24, 2.45) is 0 Å². The highest BCUT2D eigenvalue weighted by molar-refractivity contribution is 7.17. The zero-order valence-electron chi connectivity index (χ0n) is 17.1. The number of aromatic nitrogens is 4. The molecule has 0 aliphatic carbocycles. The second-order valence-corrected chi connectivity index (χ2v) is 8.13. The van der Waals surface area contributed by atoms with Crippen LogP contribution < -0.4 is 5.32 Å². The highest BCUT2D eigenvalue weighted by atomic mass is 32.1. The number of benzene rings is 2. The molecule has 0 spiro atoms. The minimum atomic E-state index is -4.40. The summed E-state index contributed by atoms with van der Waals surface area (Å²) in [5, 5.41) is 7.52. The molecule has 6 nitrogen and oxygen atoms in total. The Balaban J connectivity index is 1.47. The van der Waals surface area contributed by atoms with Crippen LogP contribution in [0.2, 0.25) is 0 Å². The largest absolute Gasteiger partial charge is 0.416 e. The van der Waals surface area contributed by atoms with Crippen LogP contribution in [0.4, 0.5) is 13.2 Å². The minimum Gasteiger partial charge on any atom is -0.345 e. The zero-order valence-corrected chi connectivity index (χ0v) is 17.9. The van der Waals surface area contributed by atoms with Gasteiger partial charge in [-0.25, -0.2) is 14.6 Å². The predicted molar refractivity (Wildman–Crippen MR) is 115 cm³/mol. The molecule has 0 saturated heterocycles. The molecule has 0 bridgehead atoms. The monoisotopic (exact) mass is 457 g/mol. The van der Waals surface area contributed by atoms with Gasteiger partial charge in [0.25, 0.3) is 5.91 Å². The van der Waals surface area contributed by atoms with Crippen LogP contribution in [0.25, 0.3) is 16.3 Å². The highest BCUT2D eigenvalue weighted by Crippen LogP contribution is 2.33. The lowest BCUT2D eigenvalue weighted by atomic mass is 10.1. The second-order valence-electron chi connectivity index (χ2n) is 7.14. The van der Waals surface area contributed by atoms with E-state index in [4.69, 9.17) is 0 Å². The smallest absolute Gasteiger partial charge is 0.345 e. The molecular formula is C22H18F3N5OS. The Morgan fingerprint density at radius 3 is 2.38 bits per heavy atom. The molecule has 0 radical (unpaired) electrons. The summed E-state index contributed by atoms with van der Waals surface area (Å²) in [5.74, 6) is -0.286. The van der Waals surface area contributed by atoms with E-state index in [2.05, 4.69) is 20.4 Å². The van der Waals surface area contributed by atoms with Gasteiger partial charge in [0.05, 0.1) is 23.0 Å². The number of rotatable bonds is 5. The van der Waals surface area contributed by atoms with E-state index in [0.29, 0.717) is 21.1 Å². The molecule has 4 rings (SSSR count). The normalized spacial score (nSPS) is 12.5. The molecule has 164 valence electrons. The lowest BCUT2D eigenvalue weighted by Crippen LogP contribution is -2.26. The summed E-state index contributed by atoms with van der Waals surface area (Å²) >= 11 is 1.15. The maximum Gasteiger partial charge on any atom is 0.416 e. The van der Waals surface area contributed by atoms with Crippen LogP contribution in [0.5, 0.6) is 0 Å². The van der Waals surface area contributed by atoms with Crippen LogP contribution in [0, 0.1) is 6.92 Å². The van der Waals surface area contributed by atoms with Crippen molar-refractivity contribution in [1.29, 1.82) is 0 Å². The van der Waals surface area contributed by atoms with E-state index in [0.717, 1.165) is 34.7 Å². The number of nitrogens with one attached hydrogen (secondary N) is 1. The van der Waals surface area contributed by atoms with Crippen molar-refractivity contribution in [2.75, 3.05) is 0 Å². The first-order chi connectivity index (χ1) is 15.2. The molecule has 0 saturated carbocycles. The van der Waals surface area contributed by atoms with Gasteiger partial charge in [-0.3, -0.25) is 4.79 Å². The van der Waals surface area contributed by atoms with E-state index in [-0.39, 0.29) is 11.9 Å². The number of nitrogens with zero attached hydrogens (tertiary/aromatic N) is 4. The summed E-state index contributed by atoms with van der Waals surface area (Å²) < 4.78 is 40.0. The first-order valence-corrected chi connectivity index (χ1v) is 10.4. The van der Waals surface area contributed by atoms with Crippen LogP contribution in [-0.2, 0) is 6.18 Å². The Bertz CT molecular complexity index is 1220. The van der Waals surface area contributed by atoms with Gasteiger partial charge in [0.2, 0.25) is 0 Å². The number of carbonyl (C=O) groups excluding carboxylic acids is 1. The summed E-state index contributed by atoms with van der Waals surface area (Å²) in [6.45, 7) is 3.58. The van der Waals surface area contributed by atoms with Crippen molar-refractivity contribution in [1.82, 2.24) is 25.1 Å². The van der Waals surface area contributed by atoms with Gasteiger partial charge in [-0.15, -0.1) is 11.3 Å². The number of amides is 1. The fourth-order valence-electron chi connectivity index (χ4n) is 3.14. The first kappa shape index (κ1) is 21.7. The van der Waals surface area contributed by atoms with Crippen LogP contribution in [0.1, 0.15) is 39.5 Å². The molecule has 10 heteroatoms. The van der Waals surface area contributed by atoms with E-state index < -0.39 is 11.7 Å². The summed E-state index contributed by atoms with van der Waals surface area (Å²) in [6.07, 6.45) is -1.35. The molecule has 1 N–H and O–H groups in total. The van der Waals surface area contributed by atoms with Crippen LogP contribution >= 0.6 is 11.3 Å². The Morgan fingerprint density at radius 1 is 1.09 bits per heavy atom. The van der Waals surface area contributed by atoms with Gasteiger partial charge >= 0.3 is 6.18 Å². The second kappa shape index (κ2) is 8.54. The maximum absolute atomic E-state index is 12.8. The van der Waals surface area contributed by atoms with E-state index in [1.165, 1.54) is 18.5 Å². The SMILES string of the molecule is Cc1nc(-c2ccc(C(F)(F)F)cc2)sc1C(=O)NC(C)c1ccc(-n2cncn2)cc1. The molecular weight excluding hydrogens is 439 g/mol. The number of hydrogen-bond donors (Lipinski definition) is 1. The lowest BCUT2D eigenvalue weighted by Gasteiger charge is -2.14. The van der Waals surface area contributed by atoms with Gasteiger partial charge in [-0.05, 0) is 43.7 Å². The highest BCUT2D eigenvalue weighted by Gasteiger charge is 2.30. The van der Waals surface area contributed by atoms with E-state index in [9.17, 15) is 18.0 Å². The molecule has 2 heterocycles. The Labute approximate surface area is 185 Å². The van der Waals surface area contributed by atoms with Crippen molar-refractivity contribution in [3.8, 4) is 16.3 Å². The van der Waals surface area contributed by atoms with Crippen molar-refractivity contribution >= 4 is 17.2 Å². The van der Waals surface area contributed by atoms with Gasteiger partial charge in [-0.2, -0.15) is 18.3 Å². The number of halogens is 3. The predicted octanol–water partition coefficient (Wildman–Crippen LogP) is 5.21. The van der Waals surface area contributed by atoms with Crippen molar-refractivity contribution in [2.45, 2.75) is 26.1 Å². The summed E-state index contributed by atoms with van der Waals surface area (Å²) in [6, 6.07) is 12.0. The van der Waals surface area contributed by atoms with Crippen molar-refractivity contribution in [3.05, 3.63) is 82.9 Å². The fourth-order valence-corrected chi connectivity index (χ4v) is 4.11. The number of aryl methyl sites for hydroxylation is 1. The summed E-state index contributed by atoms with van der Waals surface area (Å²) in [5.41, 5.74) is 2.09. The lowest BCUT2D eigenvalue weighted by molar-refractivity contribution is -0.137. The van der Waals surface area contributed by atoms with Gasteiger partial charge in [0.15, 0.2) is 0 Å². The third-order valence-corrected chi connectivity index (χ3v) is 6.09. The molecule has 32 heavy (non-hydrogen) atoms. The molecule has 1 unspecified atom stereocenters. The van der Waals surface area contributed by atoms with E-state index in [1.807, 2.05) is 31.2 Å². The summed E-state index contributed by atoms with van der Waals surface area (Å²) in [4.78, 5) is 21.5. The third-order valence-electron chi connectivity index (χ3n) is 4.89. The van der Waals surface area contributed by atoms with Gasteiger partial charge in [0.1, 0.15) is 22.5 Å². The number of carbonyl (C=O) groups is 1. The minimum absolute atomic E-state index is 0.261. The molecule has 1 atom stereocenters. The topological polar surface area (TPSA) is 72.7 Å². The van der Waals surface area contributed by atoms with Crippen LogP contribution in [-0.4, -0.2) is 25.7 Å². The quantitative estimate of drug-likeness (QED) is 0.447. The Kier molecular flexibility index (Phi) is 5.79. The van der Waals surface area contributed by atoms with Crippen molar-refractivity contribution < 1.29 is 18.0 Å². The summed E-state index contributed by atoms with van der Waals surface area (Å²) in [7, 11) is 0. The fraction of sp³-hybridized carbons (Fsp3) is 0.182. The standard InChI is InChI=1S/C22H18F3N5OS/c1-13(15-5-9-18(10-6-15)30-12-26-11-27-30)28-20(31)19-14(2)29-21(32-19)16-3-7-17(8-4-16)22(23,24)25/h3-13H,1-2H3,(H,28,31). The van der Waals surface area contributed by atoms with Gasteiger partial charge < -0.3 is 5.32 Å². The van der Waals surface area contributed by atoms with Crippen LogP contribution in [0.3, 0.4) is 0 Å². The van der Waals surface area contributed by atoms with Gasteiger partial charge in [-0.1, -0.05) is 24.3 Å². The molecule has 4 aromatic rings. The molecule has 2 aromatic heterocycles. The molecule has 1 amide bonds. The molecule has 0 aliphatic rings. The molecule has 0 aliphatic heterocycles. The number of hydrogen-bond acceptors (Lipinski definition) is 5. The number of thiazole rings is 1. The maximum atomic E-state index is 12.8. The Hall–Kier alpha value is -3.53. The third kappa shape index (κ3) is 4.54. The zero-order chi connectivity index (χ0) is 22.9. The first-order valence-electron chi connectivity index (χ1n) is 9.63. The number of alkyl halides is 3. The Morgan fingerprint density at radius 2 is 1.78 bits per heavy atom. The molecule has 0 fully saturated rings. The van der Waals surface area contributed by atoms with E-state index in [1.54, 1.807) is 17.9 Å². The van der Waals surface area contributed by atoms with Crippen molar-refractivity contribution in [3.63, 3.8) is 0 Å². The average molecular weight is 457 g/mol.